The fourth-order valence-corrected chi connectivity index (χ4v) is 2.82. The van der Waals surface area contributed by atoms with Crippen molar-refractivity contribution in [1.29, 1.82) is 0 Å². The van der Waals surface area contributed by atoms with Crippen molar-refractivity contribution in [2.24, 2.45) is 0 Å². The lowest BCUT2D eigenvalue weighted by Crippen LogP contribution is -2.07. The van der Waals surface area contributed by atoms with Crippen LogP contribution in [-0.2, 0) is 13.0 Å². The van der Waals surface area contributed by atoms with Crippen LogP contribution >= 0.6 is 0 Å². The van der Waals surface area contributed by atoms with Gasteiger partial charge in [0.2, 0.25) is 0 Å². The monoisotopic (exact) mass is 307 g/mol. The molecule has 3 aromatic rings. The van der Waals surface area contributed by atoms with Gasteiger partial charge in [-0.15, -0.1) is 0 Å². The Morgan fingerprint density at radius 1 is 1.00 bits per heavy atom. The minimum Gasteiger partial charge on any atom is -0.423 e. The highest BCUT2D eigenvalue weighted by atomic mass is 16.4. The lowest BCUT2D eigenvalue weighted by Gasteiger charge is -2.12. The van der Waals surface area contributed by atoms with Crippen molar-refractivity contribution in [2.45, 2.75) is 33.7 Å². The van der Waals surface area contributed by atoms with E-state index in [1.165, 1.54) is 11.1 Å². The van der Waals surface area contributed by atoms with Gasteiger partial charge in [0, 0.05) is 23.7 Å². The predicted octanol–water partition coefficient (Wildman–Crippen LogP) is 4.58. The Morgan fingerprint density at radius 2 is 1.74 bits per heavy atom. The van der Waals surface area contributed by atoms with E-state index in [0.29, 0.717) is 12.1 Å². The van der Waals surface area contributed by atoms with Crippen LogP contribution in [0.25, 0.3) is 11.0 Å². The number of hydrogen-bond donors (Lipinski definition) is 1. The van der Waals surface area contributed by atoms with E-state index in [1.54, 1.807) is 6.07 Å². The van der Waals surface area contributed by atoms with E-state index >= 15 is 0 Å². The summed E-state index contributed by atoms with van der Waals surface area (Å²) in [6.07, 6.45) is 0.971. The molecule has 0 atom stereocenters. The van der Waals surface area contributed by atoms with Crippen LogP contribution in [0.5, 0.6) is 0 Å². The smallest absolute Gasteiger partial charge is 0.336 e. The van der Waals surface area contributed by atoms with Gasteiger partial charge in [-0.05, 0) is 60.7 Å². The van der Waals surface area contributed by atoms with Crippen LogP contribution < -0.4 is 10.9 Å². The molecule has 2 aromatic carbocycles. The molecule has 0 amide bonds. The highest BCUT2D eigenvalue weighted by Crippen LogP contribution is 2.23. The van der Waals surface area contributed by atoms with Gasteiger partial charge in [-0.1, -0.05) is 25.1 Å². The number of fused-ring (bicyclic) bond motifs is 1. The molecule has 3 heteroatoms. The summed E-state index contributed by atoms with van der Waals surface area (Å²) in [5.74, 6) is 0. The Labute approximate surface area is 136 Å². The number of hydrogen-bond acceptors (Lipinski definition) is 3. The maximum absolute atomic E-state index is 11.8. The van der Waals surface area contributed by atoms with Gasteiger partial charge in [0.05, 0.1) is 0 Å². The fourth-order valence-electron chi connectivity index (χ4n) is 2.82. The minimum absolute atomic E-state index is 0.304. The Balaban J connectivity index is 1.99. The molecule has 0 bridgehead atoms. The lowest BCUT2D eigenvalue weighted by molar-refractivity contribution is 0.559. The van der Waals surface area contributed by atoms with Crippen LogP contribution in [-0.4, -0.2) is 0 Å². The molecule has 23 heavy (non-hydrogen) atoms. The largest absolute Gasteiger partial charge is 0.423 e. The molecule has 0 fully saturated rings. The van der Waals surface area contributed by atoms with Crippen molar-refractivity contribution in [3.8, 4) is 0 Å². The molecule has 3 nitrogen and oxygen atoms in total. The maximum Gasteiger partial charge on any atom is 0.336 e. The van der Waals surface area contributed by atoms with Gasteiger partial charge in [-0.2, -0.15) is 0 Å². The molecule has 3 rings (SSSR count). The Hall–Kier alpha value is -2.55. The van der Waals surface area contributed by atoms with Crippen molar-refractivity contribution in [3.63, 3.8) is 0 Å². The Morgan fingerprint density at radius 3 is 2.52 bits per heavy atom. The van der Waals surface area contributed by atoms with Gasteiger partial charge >= 0.3 is 5.63 Å². The van der Waals surface area contributed by atoms with Gasteiger partial charge in [0.25, 0.3) is 0 Å². The molecule has 1 N–H and O–H groups in total. The number of nitrogens with one attached hydrogen (secondary N) is 1. The molecule has 0 aliphatic heterocycles. The molecule has 0 saturated carbocycles. The van der Waals surface area contributed by atoms with Crippen LogP contribution in [0.3, 0.4) is 0 Å². The molecule has 0 aliphatic rings. The second kappa shape index (κ2) is 6.29. The highest BCUT2D eigenvalue weighted by Gasteiger charge is 2.08. The zero-order valence-corrected chi connectivity index (χ0v) is 13.8. The zero-order valence-electron chi connectivity index (χ0n) is 13.8. The van der Waals surface area contributed by atoms with Gasteiger partial charge in [0.1, 0.15) is 5.58 Å². The van der Waals surface area contributed by atoms with Gasteiger partial charge in [-0.25, -0.2) is 4.79 Å². The topological polar surface area (TPSA) is 42.2 Å². The summed E-state index contributed by atoms with van der Waals surface area (Å²) in [5.41, 5.74) is 6.02. The van der Waals surface area contributed by atoms with Crippen molar-refractivity contribution in [3.05, 3.63) is 75.1 Å². The number of para-hydroxylation sites is 1. The summed E-state index contributed by atoms with van der Waals surface area (Å²) >= 11 is 0. The van der Waals surface area contributed by atoms with E-state index in [9.17, 15) is 4.79 Å². The van der Waals surface area contributed by atoms with Crippen LogP contribution in [0.1, 0.15) is 29.2 Å². The summed E-state index contributed by atoms with van der Waals surface area (Å²) in [7, 11) is 0. The first kappa shape index (κ1) is 15.3. The third kappa shape index (κ3) is 3.14. The van der Waals surface area contributed by atoms with Gasteiger partial charge in [0.15, 0.2) is 0 Å². The molecule has 0 spiro atoms. The fraction of sp³-hybridized carbons (Fsp3) is 0.250. The molecule has 1 heterocycles. The number of rotatable bonds is 4. The average Bonchev–Trinajstić information content (AvgIpc) is 2.54. The van der Waals surface area contributed by atoms with E-state index in [1.807, 2.05) is 25.1 Å². The molecule has 0 radical (unpaired) electrons. The second-order valence-corrected chi connectivity index (χ2v) is 5.89. The van der Waals surface area contributed by atoms with Crippen molar-refractivity contribution < 1.29 is 4.42 Å². The highest BCUT2D eigenvalue weighted by molar-refractivity contribution is 5.82. The van der Waals surface area contributed by atoms with E-state index < -0.39 is 0 Å². The van der Waals surface area contributed by atoms with Crippen LogP contribution in [0.2, 0.25) is 0 Å². The summed E-state index contributed by atoms with van der Waals surface area (Å²) in [6, 6.07) is 13.9. The van der Waals surface area contributed by atoms with Crippen molar-refractivity contribution in [1.82, 2.24) is 0 Å². The van der Waals surface area contributed by atoms with Gasteiger partial charge < -0.3 is 9.73 Å². The Kier molecular flexibility index (Phi) is 4.20. The number of benzene rings is 2. The van der Waals surface area contributed by atoms with Crippen LogP contribution in [0, 0.1) is 13.8 Å². The molecule has 1 aromatic heterocycles. The third-order valence-corrected chi connectivity index (χ3v) is 4.31. The lowest BCUT2D eigenvalue weighted by atomic mass is 10.0. The minimum atomic E-state index is -0.304. The zero-order chi connectivity index (χ0) is 16.4. The van der Waals surface area contributed by atoms with Gasteiger partial charge in [-0.3, -0.25) is 0 Å². The van der Waals surface area contributed by atoms with Crippen LogP contribution in [0.15, 0.2) is 51.7 Å². The molecule has 118 valence electrons. The molecular weight excluding hydrogens is 286 g/mol. The van der Waals surface area contributed by atoms with Crippen molar-refractivity contribution in [2.75, 3.05) is 5.32 Å². The maximum atomic E-state index is 11.8. The third-order valence-electron chi connectivity index (χ3n) is 4.31. The average molecular weight is 307 g/mol. The number of anilines is 1. The van der Waals surface area contributed by atoms with E-state index in [4.69, 9.17) is 4.42 Å². The standard InChI is InChI=1S/C20H21NO2/c1-4-15-7-5-6-8-18(15)21-12-16-11-20(22)23-19-10-14(3)13(2)9-17(16)19/h5-11,21H,4,12H2,1-3H3. The second-order valence-electron chi connectivity index (χ2n) is 5.89. The van der Waals surface area contributed by atoms with E-state index in [0.717, 1.165) is 28.6 Å². The SMILES string of the molecule is CCc1ccccc1NCc1cc(=O)oc2cc(C)c(C)cc12. The van der Waals surface area contributed by atoms with Crippen LogP contribution in [0.4, 0.5) is 5.69 Å². The molecule has 0 aliphatic carbocycles. The first-order chi connectivity index (χ1) is 11.1. The van der Waals surface area contributed by atoms with Crippen molar-refractivity contribution >= 4 is 16.7 Å². The quantitative estimate of drug-likeness (QED) is 0.717. The molecular formula is C20H21NO2. The Bertz CT molecular complexity index is 909. The molecule has 0 unspecified atom stereocenters. The van der Waals surface area contributed by atoms with E-state index in [-0.39, 0.29) is 5.63 Å². The summed E-state index contributed by atoms with van der Waals surface area (Å²) in [5, 5.41) is 4.45. The summed E-state index contributed by atoms with van der Waals surface area (Å²) in [4.78, 5) is 11.8. The first-order valence-electron chi connectivity index (χ1n) is 7.94. The summed E-state index contributed by atoms with van der Waals surface area (Å²) < 4.78 is 5.35. The summed E-state index contributed by atoms with van der Waals surface area (Å²) in [6.45, 7) is 6.83. The predicted molar refractivity (Wildman–Crippen MR) is 95.1 cm³/mol. The van der Waals surface area contributed by atoms with E-state index in [2.05, 4.69) is 37.4 Å². The first-order valence-corrected chi connectivity index (χ1v) is 7.94. The molecule has 0 saturated heterocycles. The number of aryl methyl sites for hydroxylation is 3. The normalized spacial score (nSPS) is 10.9.